The molecule has 3 aromatic rings. The van der Waals surface area contributed by atoms with E-state index in [0.717, 1.165) is 0 Å². The number of halogens is 1. The summed E-state index contributed by atoms with van der Waals surface area (Å²) >= 11 is 6.11. The number of carbonyl (C=O) groups excluding carboxylic acids is 2. The molecule has 2 heterocycles. The summed E-state index contributed by atoms with van der Waals surface area (Å²) in [6.07, 6.45) is 0.296. The van der Waals surface area contributed by atoms with Crippen molar-refractivity contribution < 1.29 is 18.8 Å². The molecule has 0 fully saturated rings. The Kier molecular flexibility index (Phi) is 5.97. The summed E-state index contributed by atoms with van der Waals surface area (Å²) in [6.45, 7) is 5.07. The zero-order valence-electron chi connectivity index (χ0n) is 16.1. The average molecular weight is 419 g/mol. The van der Waals surface area contributed by atoms with Crippen LogP contribution >= 0.6 is 11.6 Å². The van der Waals surface area contributed by atoms with E-state index in [4.69, 9.17) is 20.9 Å². The maximum atomic E-state index is 13.2. The second-order valence-electron chi connectivity index (χ2n) is 6.16. The van der Waals surface area contributed by atoms with Crippen LogP contribution in [0.15, 0.2) is 33.6 Å². The summed E-state index contributed by atoms with van der Waals surface area (Å²) in [5, 5.41) is 6.59. The molecule has 1 amide bonds. The Morgan fingerprint density at radius 3 is 2.69 bits per heavy atom. The smallest absolute Gasteiger partial charge is 0.361 e. The number of benzene rings is 1. The van der Waals surface area contributed by atoms with Crippen LogP contribution in [-0.4, -0.2) is 33.2 Å². The lowest BCUT2D eigenvalue weighted by Crippen LogP contribution is -2.35. The minimum Gasteiger partial charge on any atom is -0.461 e. The lowest BCUT2D eigenvalue weighted by molar-refractivity contribution is -0.119. The van der Waals surface area contributed by atoms with Gasteiger partial charge in [0.15, 0.2) is 0 Å². The molecule has 29 heavy (non-hydrogen) atoms. The standard InChI is InChI=1S/C19H19ClN4O5/c1-4-13(16(25)22-12-9-7-6-8-11(12)20)24-10(3)21-17-14(18(24)26)15(23-29-17)19(27)28-5-2/h6-9,13H,4-5H2,1-3H3,(H,22,25)/t13-/m1/s1. The quantitative estimate of drug-likeness (QED) is 0.611. The first kappa shape index (κ1) is 20.5. The van der Waals surface area contributed by atoms with E-state index in [1.807, 2.05) is 0 Å². The van der Waals surface area contributed by atoms with Gasteiger partial charge in [-0.3, -0.25) is 14.2 Å². The molecule has 2 aromatic heterocycles. The van der Waals surface area contributed by atoms with Crippen LogP contribution in [0.4, 0.5) is 5.69 Å². The van der Waals surface area contributed by atoms with Crippen molar-refractivity contribution in [1.29, 1.82) is 0 Å². The van der Waals surface area contributed by atoms with Crippen LogP contribution in [-0.2, 0) is 9.53 Å². The number of ether oxygens (including phenoxy) is 1. The normalized spacial score (nSPS) is 12.0. The Morgan fingerprint density at radius 2 is 2.03 bits per heavy atom. The van der Waals surface area contributed by atoms with E-state index in [1.165, 1.54) is 4.57 Å². The minimum absolute atomic E-state index is 0.0897. The third-order valence-electron chi connectivity index (χ3n) is 4.32. The van der Waals surface area contributed by atoms with Crippen molar-refractivity contribution in [3.05, 3.63) is 51.2 Å². The zero-order chi connectivity index (χ0) is 21.1. The molecule has 0 bridgehead atoms. The predicted octanol–water partition coefficient (Wildman–Crippen LogP) is 3.11. The van der Waals surface area contributed by atoms with Crippen LogP contribution in [0.5, 0.6) is 0 Å². The fourth-order valence-corrected chi connectivity index (χ4v) is 3.17. The molecule has 10 heteroatoms. The highest BCUT2D eigenvalue weighted by Gasteiger charge is 2.28. The number of esters is 1. The van der Waals surface area contributed by atoms with Crippen molar-refractivity contribution in [2.24, 2.45) is 0 Å². The number of nitrogens with one attached hydrogen (secondary N) is 1. The average Bonchev–Trinajstić information content (AvgIpc) is 3.11. The number of nitrogens with zero attached hydrogens (tertiary/aromatic N) is 3. The molecular formula is C19H19ClN4O5. The molecule has 1 aromatic carbocycles. The minimum atomic E-state index is -0.888. The number of aromatic nitrogens is 3. The zero-order valence-corrected chi connectivity index (χ0v) is 16.8. The SMILES string of the molecule is CCOC(=O)c1noc2nc(C)n([C@H](CC)C(=O)Nc3ccccc3Cl)c(=O)c12. The number of fused-ring (bicyclic) bond motifs is 1. The van der Waals surface area contributed by atoms with Crippen molar-refractivity contribution in [3.63, 3.8) is 0 Å². The van der Waals surface area contributed by atoms with Crippen LogP contribution in [0, 0.1) is 6.92 Å². The van der Waals surface area contributed by atoms with E-state index in [0.29, 0.717) is 17.1 Å². The van der Waals surface area contributed by atoms with Crippen LogP contribution in [0.3, 0.4) is 0 Å². The molecule has 3 rings (SSSR count). The van der Waals surface area contributed by atoms with Crippen molar-refractivity contribution >= 4 is 40.3 Å². The highest BCUT2D eigenvalue weighted by atomic mass is 35.5. The first-order valence-corrected chi connectivity index (χ1v) is 9.37. The van der Waals surface area contributed by atoms with E-state index in [1.54, 1.807) is 45.0 Å². The Hall–Kier alpha value is -3.20. The molecule has 0 spiro atoms. The maximum absolute atomic E-state index is 13.2. The summed E-state index contributed by atoms with van der Waals surface area (Å²) in [4.78, 5) is 42.4. The largest absolute Gasteiger partial charge is 0.461 e. The van der Waals surface area contributed by atoms with Crippen molar-refractivity contribution in [1.82, 2.24) is 14.7 Å². The summed E-state index contributed by atoms with van der Waals surface area (Å²) in [7, 11) is 0. The monoisotopic (exact) mass is 418 g/mol. The van der Waals surface area contributed by atoms with E-state index in [9.17, 15) is 14.4 Å². The van der Waals surface area contributed by atoms with Gasteiger partial charge < -0.3 is 14.6 Å². The Labute approximate surface area is 170 Å². The molecular weight excluding hydrogens is 400 g/mol. The van der Waals surface area contributed by atoms with Gasteiger partial charge in [-0.1, -0.05) is 35.8 Å². The van der Waals surface area contributed by atoms with Crippen molar-refractivity contribution in [2.75, 3.05) is 11.9 Å². The number of hydrogen-bond donors (Lipinski definition) is 1. The first-order valence-electron chi connectivity index (χ1n) is 9.00. The van der Waals surface area contributed by atoms with E-state index >= 15 is 0 Å². The van der Waals surface area contributed by atoms with Crippen LogP contribution < -0.4 is 10.9 Å². The van der Waals surface area contributed by atoms with Gasteiger partial charge in [0.25, 0.3) is 11.3 Å². The van der Waals surface area contributed by atoms with Crippen LogP contribution in [0.1, 0.15) is 42.6 Å². The summed E-state index contributed by atoms with van der Waals surface area (Å²) in [6, 6.07) is 5.89. The van der Waals surface area contributed by atoms with Gasteiger partial charge in [0.1, 0.15) is 17.3 Å². The van der Waals surface area contributed by atoms with Crippen molar-refractivity contribution in [3.8, 4) is 0 Å². The van der Waals surface area contributed by atoms with Gasteiger partial charge in [-0.2, -0.15) is 4.98 Å². The summed E-state index contributed by atoms with van der Waals surface area (Å²) < 4.78 is 11.2. The van der Waals surface area contributed by atoms with Gasteiger partial charge in [0.2, 0.25) is 11.6 Å². The van der Waals surface area contributed by atoms with E-state index in [2.05, 4.69) is 15.5 Å². The molecule has 0 saturated heterocycles. The topological polar surface area (TPSA) is 116 Å². The molecule has 1 atom stereocenters. The molecule has 1 N–H and O–H groups in total. The van der Waals surface area contributed by atoms with Gasteiger partial charge >= 0.3 is 5.97 Å². The maximum Gasteiger partial charge on any atom is 0.361 e. The summed E-state index contributed by atoms with van der Waals surface area (Å²) in [5.41, 5.74) is -0.546. The van der Waals surface area contributed by atoms with Gasteiger partial charge in [-0.15, -0.1) is 0 Å². The summed E-state index contributed by atoms with van der Waals surface area (Å²) in [5.74, 6) is -0.995. The van der Waals surface area contributed by atoms with Crippen LogP contribution in [0.25, 0.3) is 11.1 Å². The molecule has 0 radical (unpaired) electrons. The molecule has 0 aliphatic heterocycles. The number of aryl methyl sites for hydroxylation is 1. The van der Waals surface area contributed by atoms with Gasteiger partial charge in [0, 0.05) is 0 Å². The second-order valence-corrected chi connectivity index (χ2v) is 6.57. The molecule has 0 unspecified atom stereocenters. The Morgan fingerprint density at radius 1 is 1.31 bits per heavy atom. The van der Waals surface area contributed by atoms with E-state index in [-0.39, 0.29) is 29.2 Å². The molecule has 0 aliphatic carbocycles. The third-order valence-corrected chi connectivity index (χ3v) is 4.65. The second kappa shape index (κ2) is 8.44. The van der Waals surface area contributed by atoms with Crippen LogP contribution in [0.2, 0.25) is 5.02 Å². The first-order chi connectivity index (χ1) is 13.9. The van der Waals surface area contributed by atoms with Gasteiger partial charge in [-0.25, -0.2) is 4.79 Å². The molecule has 0 saturated carbocycles. The fourth-order valence-electron chi connectivity index (χ4n) is 2.99. The number of para-hydroxylation sites is 1. The molecule has 9 nitrogen and oxygen atoms in total. The molecule has 0 aliphatic rings. The third kappa shape index (κ3) is 3.86. The highest BCUT2D eigenvalue weighted by molar-refractivity contribution is 6.33. The van der Waals surface area contributed by atoms with Crippen molar-refractivity contribution in [2.45, 2.75) is 33.2 Å². The lowest BCUT2D eigenvalue weighted by atomic mass is 10.1. The lowest BCUT2D eigenvalue weighted by Gasteiger charge is -2.20. The fraction of sp³-hybridized carbons (Fsp3) is 0.316. The Balaban J connectivity index is 2.07. The number of amides is 1. The number of rotatable bonds is 6. The number of anilines is 1. The number of hydrogen-bond acceptors (Lipinski definition) is 7. The highest BCUT2D eigenvalue weighted by Crippen LogP contribution is 2.23. The van der Waals surface area contributed by atoms with Gasteiger partial charge in [0.05, 0.1) is 17.3 Å². The Bertz CT molecular complexity index is 1140. The predicted molar refractivity (Wildman–Crippen MR) is 106 cm³/mol. The van der Waals surface area contributed by atoms with E-state index < -0.39 is 23.5 Å². The number of carbonyl (C=O) groups is 2. The molecule has 152 valence electrons. The van der Waals surface area contributed by atoms with Gasteiger partial charge in [-0.05, 0) is 32.4 Å².